The van der Waals surface area contributed by atoms with E-state index in [1.807, 2.05) is 0 Å². The molecule has 30 heavy (non-hydrogen) atoms. The predicted molar refractivity (Wildman–Crippen MR) is 114 cm³/mol. The number of ketones is 3. The fourth-order valence-electron chi connectivity index (χ4n) is 4.05. The van der Waals surface area contributed by atoms with Crippen LogP contribution in [0.1, 0.15) is 59.2 Å². The van der Waals surface area contributed by atoms with E-state index in [1.54, 1.807) is 62.8 Å². The second-order valence-electron chi connectivity index (χ2n) is 7.75. The Bertz CT molecular complexity index is 809. The minimum Gasteiger partial charge on any atom is -0.497 e. The summed E-state index contributed by atoms with van der Waals surface area (Å²) >= 11 is 0. The van der Waals surface area contributed by atoms with E-state index in [-0.39, 0.29) is 29.2 Å². The minimum atomic E-state index is -0.0757. The van der Waals surface area contributed by atoms with Crippen molar-refractivity contribution in [2.24, 2.45) is 11.8 Å². The van der Waals surface area contributed by atoms with Crippen LogP contribution in [-0.4, -0.2) is 31.6 Å². The molecule has 0 unspecified atom stereocenters. The standard InChI is InChI=1S/C25H28O5/c1-29-21-11-5-17(6-12-21)23(26)15-9-19-3-4-20(25(19)28)10-16-24(27)18-7-13-22(30-2)14-8-18/h5-8,11-14,19-20H,3-4,9-10,15-16H2,1-2H3/t19-,20-/m0/s1. The molecule has 0 amide bonds. The van der Waals surface area contributed by atoms with Gasteiger partial charge in [0, 0.05) is 35.8 Å². The van der Waals surface area contributed by atoms with Crippen LogP contribution in [0.3, 0.4) is 0 Å². The van der Waals surface area contributed by atoms with E-state index in [2.05, 4.69) is 0 Å². The van der Waals surface area contributed by atoms with Gasteiger partial charge >= 0.3 is 0 Å². The summed E-state index contributed by atoms with van der Waals surface area (Å²) in [6, 6.07) is 14.1. The van der Waals surface area contributed by atoms with Crippen LogP contribution in [0.4, 0.5) is 0 Å². The first-order valence-corrected chi connectivity index (χ1v) is 10.4. The SMILES string of the molecule is COc1ccc(C(=O)CC[C@@H]2CC[C@@H](CCC(=O)c3ccc(OC)cc3)C2=O)cc1. The Balaban J connectivity index is 1.45. The summed E-state index contributed by atoms with van der Waals surface area (Å²) in [7, 11) is 3.17. The summed E-state index contributed by atoms with van der Waals surface area (Å²) < 4.78 is 10.2. The maximum Gasteiger partial charge on any atom is 0.162 e. The molecule has 0 spiro atoms. The quantitative estimate of drug-likeness (QED) is 0.522. The lowest BCUT2D eigenvalue weighted by atomic mass is 9.92. The fraction of sp³-hybridized carbons (Fsp3) is 0.400. The Morgan fingerprint density at radius 3 is 1.43 bits per heavy atom. The molecule has 0 saturated heterocycles. The van der Waals surface area contributed by atoms with Crippen molar-refractivity contribution >= 4 is 17.3 Å². The molecule has 158 valence electrons. The van der Waals surface area contributed by atoms with Crippen molar-refractivity contribution in [3.63, 3.8) is 0 Å². The van der Waals surface area contributed by atoms with Gasteiger partial charge in [-0.25, -0.2) is 0 Å². The Morgan fingerprint density at radius 1 is 0.733 bits per heavy atom. The second-order valence-corrected chi connectivity index (χ2v) is 7.75. The van der Waals surface area contributed by atoms with Gasteiger partial charge in [-0.2, -0.15) is 0 Å². The van der Waals surface area contributed by atoms with Crippen molar-refractivity contribution in [2.45, 2.75) is 38.5 Å². The Kier molecular flexibility index (Phi) is 7.39. The molecule has 1 aliphatic carbocycles. The molecule has 0 bridgehead atoms. The molecule has 0 aromatic heterocycles. The van der Waals surface area contributed by atoms with Crippen molar-refractivity contribution < 1.29 is 23.9 Å². The molecule has 1 fully saturated rings. The highest BCUT2D eigenvalue weighted by atomic mass is 16.5. The van der Waals surface area contributed by atoms with Crippen LogP contribution in [0.2, 0.25) is 0 Å². The summed E-state index contributed by atoms with van der Waals surface area (Å²) in [6.07, 6.45) is 3.48. The molecule has 2 atom stereocenters. The molecule has 2 aromatic carbocycles. The molecular weight excluding hydrogens is 380 g/mol. The van der Waals surface area contributed by atoms with Gasteiger partial charge in [0.15, 0.2) is 11.6 Å². The zero-order valence-electron chi connectivity index (χ0n) is 17.6. The molecule has 0 N–H and O–H groups in total. The van der Waals surface area contributed by atoms with Crippen LogP contribution in [0.15, 0.2) is 48.5 Å². The highest BCUT2D eigenvalue weighted by Gasteiger charge is 2.34. The zero-order chi connectivity index (χ0) is 21.5. The third-order valence-corrected chi connectivity index (χ3v) is 5.93. The van der Waals surface area contributed by atoms with Gasteiger partial charge < -0.3 is 9.47 Å². The highest BCUT2D eigenvalue weighted by molar-refractivity contribution is 5.97. The maximum atomic E-state index is 12.7. The lowest BCUT2D eigenvalue weighted by Gasteiger charge is -2.11. The van der Waals surface area contributed by atoms with E-state index >= 15 is 0 Å². The van der Waals surface area contributed by atoms with Crippen molar-refractivity contribution in [2.75, 3.05) is 14.2 Å². The van der Waals surface area contributed by atoms with Gasteiger partial charge in [0.25, 0.3) is 0 Å². The predicted octanol–water partition coefficient (Wildman–Crippen LogP) is 4.93. The number of rotatable bonds is 10. The summed E-state index contributed by atoms with van der Waals surface area (Å²) in [5, 5.41) is 0. The van der Waals surface area contributed by atoms with E-state index in [0.717, 1.165) is 12.8 Å². The summed E-state index contributed by atoms with van der Waals surface area (Å²) in [6.45, 7) is 0. The highest BCUT2D eigenvalue weighted by Crippen LogP contribution is 2.34. The molecule has 1 saturated carbocycles. The second kappa shape index (κ2) is 10.2. The summed E-state index contributed by atoms with van der Waals surface area (Å²) in [4.78, 5) is 37.5. The number of carbonyl (C=O) groups is 3. The number of benzene rings is 2. The van der Waals surface area contributed by atoms with Crippen LogP contribution < -0.4 is 9.47 Å². The first kappa shape index (κ1) is 21.8. The average molecular weight is 408 g/mol. The fourth-order valence-corrected chi connectivity index (χ4v) is 4.05. The summed E-state index contributed by atoms with van der Waals surface area (Å²) in [5.74, 6) is 1.57. The van der Waals surface area contributed by atoms with Crippen LogP contribution in [0.25, 0.3) is 0 Å². The monoisotopic (exact) mass is 408 g/mol. The number of hydrogen-bond acceptors (Lipinski definition) is 5. The number of ether oxygens (including phenoxy) is 2. The van der Waals surface area contributed by atoms with Crippen molar-refractivity contribution in [3.8, 4) is 11.5 Å². The molecule has 5 heteroatoms. The lowest BCUT2D eigenvalue weighted by molar-refractivity contribution is -0.124. The van der Waals surface area contributed by atoms with Crippen LogP contribution >= 0.6 is 0 Å². The van der Waals surface area contributed by atoms with E-state index in [4.69, 9.17) is 9.47 Å². The third-order valence-electron chi connectivity index (χ3n) is 5.93. The molecular formula is C25H28O5. The normalized spacial score (nSPS) is 18.3. The van der Waals surface area contributed by atoms with Crippen LogP contribution in [-0.2, 0) is 4.79 Å². The van der Waals surface area contributed by atoms with Gasteiger partial charge in [-0.3, -0.25) is 14.4 Å². The van der Waals surface area contributed by atoms with Gasteiger partial charge in [0.05, 0.1) is 14.2 Å². The van der Waals surface area contributed by atoms with E-state index in [9.17, 15) is 14.4 Å². The maximum absolute atomic E-state index is 12.7. The molecule has 0 heterocycles. The van der Waals surface area contributed by atoms with E-state index in [1.165, 1.54) is 0 Å². The van der Waals surface area contributed by atoms with E-state index < -0.39 is 0 Å². The third kappa shape index (κ3) is 5.35. The molecule has 5 nitrogen and oxygen atoms in total. The molecule has 2 aromatic rings. The molecule has 3 rings (SSSR count). The largest absolute Gasteiger partial charge is 0.497 e. The smallest absolute Gasteiger partial charge is 0.162 e. The zero-order valence-corrected chi connectivity index (χ0v) is 17.6. The summed E-state index contributed by atoms with van der Waals surface area (Å²) in [5.41, 5.74) is 1.28. The first-order valence-electron chi connectivity index (χ1n) is 10.4. The van der Waals surface area contributed by atoms with Crippen molar-refractivity contribution in [3.05, 3.63) is 59.7 Å². The Morgan fingerprint density at radius 2 is 1.10 bits per heavy atom. The molecule has 1 aliphatic rings. The van der Waals surface area contributed by atoms with Gasteiger partial charge in [-0.1, -0.05) is 0 Å². The minimum absolute atomic E-state index is 0.0450. The van der Waals surface area contributed by atoms with Crippen molar-refractivity contribution in [1.29, 1.82) is 0 Å². The Labute approximate surface area is 177 Å². The Hall–Kier alpha value is -2.95. The molecule has 0 radical (unpaired) electrons. The van der Waals surface area contributed by atoms with Crippen molar-refractivity contribution in [1.82, 2.24) is 0 Å². The topological polar surface area (TPSA) is 69.7 Å². The number of carbonyl (C=O) groups excluding carboxylic acids is 3. The lowest BCUT2D eigenvalue weighted by Crippen LogP contribution is -2.16. The van der Waals surface area contributed by atoms with E-state index in [0.29, 0.717) is 48.3 Å². The number of hydrogen-bond donors (Lipinski definition) is 0. The van der Waals surface area contributed by atoms with Crippen LogP contribution in [0, 0.1) is 11.8 Å². The van der Waals surface area contributed by atoms with Gasteiger partial charge in [-0.05, 0) is 74.2 Å². The number of methoxy groups -OCH3 is 2. The molecule has 0 aliphatic heterocycles. The number of Topliss-reactive ketones (excluding diaryl/α,β-unsaturated/α-hetero) is 3. The first-order chi connectivity index (χ1) is 14.5. The average Bonchev–Trinajstić information content (AvgIpc) is 3.15. The van der Waals surface area contributed by atoms with Gasteiger partial charge in [0.2, 0.25) is 0 Å². The van der Waals surface area contributed by atoms with Gasteiger partial charge in [-0.15, -0.1) is 0 Å². The van der Waals surface area contributed by atoms with Gasteiger partial charge in [0.1, 0.15) is 17.3 Å². The van der Waals surface area contributed by atoms with Crippen LogP contribution in [0.5, 0.6) is 11.5 Å².